The Kier molecular flexibility index (Phi) is 6.79. The van der Waals surface area contributed by atoms with Gasteiger partial charge in [-0.25, -0.2) is 0 Å². The minimum absolute atomic E-state index is 0.163. The van der Waals surface area contributed by atoms with Crippen LogP contribution in [0.3, 0.4) is 0 Å². The molecule has 0 atom stereocenters. The largest absolute Gasteiger partial charge is 0.356 e. The highest BCUT2D eigenvalue weighted by Crippen LogP contribution is 1.99. The van der Waals surface area contributed by atoms with Crippen molar-refractivity contribution in [1.82, 2.24) is 5.32 Å². The lowest BCUT2D eigenvalue weighted by molar-refractivity contribution is -0.121. The van der Waals surface area contributed by atoms with Crippen LogP contribution in [0, 0.1) is 0 Å². The molecule has 0 rings (SSSR count). The van der Waals surface area contributed by atoms with Crippen molar-refractivity contribution in [2.75, 3.05) is 6.54 Å². The Bertz CT molecular complexity index is 121. The van der Waals surface area contributed by atoms with E-state index in [1.54, 1.807) is 0 Å². The summed E-state index contributed by atoms with van der Waals surface area (Å²) in [5.74, 6) is 0.163. The normalized spacial score (nSPS) is 9.18. The Morgan fingerprint density at radius 3 is 2.82 bits per heavy atom. The van der Waals surface area contributed by atoms with E-state index >= 15 is 0 Å². The molecule has 0 unspecified atom stereocenters. The second-order valence-corrected chi connectivity index (χ2v) is 2.49. The molecule has 0 heterocycles. The number of hydrogen-bond donors (Lipinski definition) is 1. The van der Waals surface area contributed by atoms with E-state index in [1.807, 2.05) is 13.0 Å². The van der Waals surface area contributed by atoms with Gasteiger partial charge in [-0.05, 0) is 26.2 Å². The first-order valence-electron chi connectivity index (χ1n) is 4.18. The van der Waals surface area contributed by atoms with Gasteiger partial charge in [0.05, 0.1) is 0 Å². The van der Waals surface area contributed by atoms with E-state index in [1.165, 1.54) is 0 Å². The zero-order chi connectivity index (χ0) is 8.53. The fourth-order valence-electron chi connectivity index (χ4n) is 0.860. The fourth-order valence-corrected chi connectivity index (χ4v) is 0.860. The van der Waals surface area contributed by atoms with Crippen molar-refractivity contribution in [2.45, 2.75) is 32.6 Å². The number of rotatable bonds is 6. The highest BCUT2D eigenvalue weighted by Gasteiger charge is 1.96. The highest BCUT2D eigenvalue weighted by atomic mass is 16.1. The number of amides is 1. The van der Waals surface area contributed by atoms with Crippen molar-refractivity contribution >= 4 is 5.91 Å². The van der Waals surface area contributed by atoms with Gasteiger partial charge in [-0.2, -0.15) is 0 Å². The van der Waals surface area contributed by atoms with E-state index in [-0.39, 0.29) is 5.91 Å². The molecule has 0 aromatic carbocycles. The Morgan fingerprint density at radius 2 is 2.27 bits per heavy atom. The van der Waals surface area contributed by atoms with E-state index in [0.717, 1.165) is 25.8 Å². The standard InChI is InChI=1S/C9H17NO/c1-3-5-6-7-8-9(11)10-4-2/h3H,1,4-8H2,2H3,(H,10,11). The molecule has 0 aliphatic carbocycles. The summed E-state index contributed by atoms with van der Waals surface area (Å²) in [7, 11) is 0. The van der Waals surface area contributed by atoms with Gasteiger partial charge in [-0.1, -0.05) is 6.08 Å². The molecule has 0 fully saturated rings. The third-order valence-electron chi connectivity index (χ3n) is 1.44. The molecule has 0 radical (unpaired) electrons. The summed E-state index contributed by atoms with van der Waals surface area (Å²) in [6.07, 6.45) is 5.59. The first-order valence-corrected chi connectivity index (χ1v) is 4.18. The summed E-state index contributed by atoms with van der Waals surface area (Å²) in [4.78, 5) is 10.9. The third kappa shape index (κ3) is 7.10. The second-order valence-electron chi connectivity index (χ2n) is 2.49. The molecule has 2 heteroatoms. The van der Waals surface area contributed by atoms with Crippen LogP contribution in [-0.2, 0) is 4.79 Å². The van der Waals surface area contributed by atoms with Gasteiger partial charge in [0.15, 0.2) is 0 Å². The van der Waals surface area contributed by atoms with Crippen molar-refractivity contribution in [3.8, 4) is 0 Å². The van der Waals surface area contributed by atoms with Crippen LogP contribution in [-0.4, -0.2) is 12.5 Å². The smallest absolute Gasteiger partial charge is 0.219 e. The molecule has 1 amide bonds. The zero-order valence-corrected chi connectivity index (χ0v) is 7.23. The summed E-state index contributed by atoms with van der Waals surface area (Å²) in [6.45, 7) is 6.28. The van der Waals surface area contributed by atoms with E-state index in [9.17, 15) is 4.79 Å². The van der Waals surface area contributed by atoms with Gasteiger partial charge in [-0.15, -0.1) is 6.58 Å². The summed E-state index contributed by atoms with van der Waals surface area (Å²) >= 11 is 0. The minimum Gasteiger partial charge on any atom is -0.356 e. The van der Waals surface area contributed by atoms with Gasteiger partial charge in [-0.3, -0.25) is 4.79 Å². The molecule has 11 heavy (non-hydrogen) atoms. The lowest BCUT2D eigenvalue weighted by Gasteiger charge is -1.99. The predicted molar refractivity (Wildman–Crippen MR) is 47.3 cm³/mol. The molecule has 0 aliphatic heterocycles. The summed E-state index contributed by atoms with van der Waals surface area (Å²) in [5.41, 5.74) is 0. The Balaban J connectivity index is 3.10. The first-order chi connectivity index (χ1) is 5.31. The van der Waals surface area contributed by atoms with Gasteiger partial charge in [0.25, 0.3) is 0 Å². The predicted octanol–water partition coefficient (Wildman–Crippen LogP) is 1.87. The van der Waals surface area contributed by atoms with Crippen molar-refractivity contribution in [1.29, 1.82) is 0 Å². The Hall–Kier alpha value is -0.790. The van der Waals surface area contributed by atoms with Crippen LogP contribution in [0.1, 0.15) is 32.6 Å². The molecule has 0 saturated carbocycles. The molecule has 64 valence electrons. The lowest BCUT2D eigenvalue weighted by atomic mass is 10.2. The van der Waals surface area contributed by atoms with Crippen molar-refractivity contribution in [3.05, 3.63) is 12.7 Å². The number of hydrogen-bond acceptors (Lipinski definition) is 1. The molecule has 0 aliphatic rings. The molecule has 2 nitrogen and oxygen atoms in total. The minimum atomic E-state index is 0.163. The van der Waals surface area contributed by atoms with Crippen LogP contribution < -0.4 is 5.32 Å². The number of nitrogens with one attached hydrogen (secondary N) is 1. The van der Waals surface area contributed by atoms with Crippen LogP contribution in [0.15, 0.2) is 12.7 Å². The van der Waals surface area contributed by atoms with Crippen LogP contribution in [0.4, 0.5) is 0 Å². The fraction of sp³-hybridized carbons (Fsp3) is 0.667. The van der Waals surface area contributed by atoms with Gasteiger partial charge in [0.2, 0.25) is 5.91 Å². The van der Waals surface area contributed by atoms with Gasteiger partial charge < -0.3 is 5.32 Å². The highest BCUT2D eigenvalue weighted by molar-refractivity contribution is 5.75. The average molecular weight is 155 g/mol. The number of carbonyl (C=O) groups excluding carboxylic acids is 1. The van der Waals surface area contributed by atoms with Crippen LogP contribution in [0.25, 0.3) is 0 Å². The number of carbonyl (C=O) groups is 1. The third-order valence-corrected chi connectivity index (χ3v) is 1.44. The Morgan fingerprint density at radius 1 is 1.55 bits per heavy atom. The maximum absolute atomic E-state index is 10.9. The summed E-state index contributed by atoms with van der Waals surface area (Å²) < 4.78 is 0. The lowest BCUT2D eigenvalue weighted by Crippen LogP contribution is -2.21. The number of unbranched alkanes of at least 4 members (excludes halogenated alkanes) is 2. The van der Waals surface area contributed by atoms with Crippen molar-refractivity contribution in [2.24, 2.45) is 0 Å². The maximum Gasteiger partial charge on any atom is 0.219 e. The first kappa shape index (κ1) is 10.2. The summed E-state index contributed by atoms with van der Waals surface area (Å²) in [5, 5.41) is 2.76. The van der Waals surface area contributed by atoms with Crippen molar-refractivity contribution in [3.63, 3.8) is 0 Å². The van der Waals surface area contributed by atoms with Crippen molar-refractivity contribution < 1.29 is 4.79 Å². The molecule has 0 saturated heterocycles. The van der Waals surface area contributed by atoms with E-state index in [4.69, 9.17) is 0 Å². The zero-order valence-electron chi connectivity index (χ0n) is 7.23. The number of allylic oxidation sites excluding steroid dienone is 1. The average Bonchev–Trinajstić information content (AvgIpc) is 1.99. The SMILES string of the molecule is C=CCCCCC(=O)NCC. The molecule has 0 spiro atoms. The van der Waals surface area contributed by atoms with Gasteiger partial charge in [0, 0.05) is 13.0 Å². The van der Waals surface area contributed by atoms with Crippen LogP contribution >= 0.6 is 0 Å². The monoisotopic (exact) mass is 155 g/mol. The Labute approximate surface area is 68.7 Å². The molecule has 0 aromatic rings. The topological polar surface area (TPSA) is 29.1 Å². The molecular weight excluding hydrogens is 138 g/mol. The maximum atomic E-state index is 10.9. The molecule has 1 N–H and O–H groups in total. The van der Waals surface area contributed by atoms with E-state index in [0.29, 0.717) is 6.42 Å². The van der Waals surface area contributed by atoms with Gasteiger partial charge in [0.1, 0.15) is 0 Å². The second kappa shape index (κ2) is 7.32. The van der Waals surface area contributed by atoms with Crippen LogP contribution in [0.5, 0.6) is 0 Å². The quantitative estimate of drug-likeness (QED) is 0.460. The summed E-state index contributed by atoms with van der Waals surface area (Å²) in [6, 6.07) is 0. The van der Waals surface area contributed by atoms with Gasteiger partial charge >= 0.3 is 0 Å². The molecule has 0 aromatic heterocycles. The van der Waals surface area contributed by atoms with E-state index < -0.39 is 0 Å². The van der Waals surface area contributed by atoms with E-state index in [2.05, 4.69) is 11.9 Å². The van der Waals surface area contributed by atoms with Crippen LogP contribution in [0.2, 0.25) is 0 Å². The molecule has 0 bridgehead atoms. The molecular formula is C9H17NO.